The molecule has 0 saturated carbocycles. The van der Waals surface area contributed by atoms with E-state index >= 15 is 0 Å². The van der Waals surface area contributed by atoms with E-state index in [9.17, 15) is 4.79 Å². The molecular weight excluding hydrogens is 277 g/mol. The van der Waals surface area contributed by atoms with Gasteiger partial charge in [-0.25, -0.2) is 0 Å². The van der Waals surface area contributed by atoms with E-state index in [4.69, 9.17) is 33.0 Å². The van der Waals surface area contributed by atoms with Crippen molar-refractivity contribution >= 4 is 29.1 Å². The zero-order chi connectivity index (χ0) is 13.1. The molecule has 1 saturated heterocycles. The first-order chi connectivity index (χ1) is 8.60. The lowest BCUT2D eigenvalue weighted by Gasteiger charge is -2.38. The van der Waals surface area contributed by atoms with Crippen LogP contribution in [-0.2, 0) is 4.79 Å². The Kier molecular flexibility index (Phi) is 4.32. The number of halogens is 2. The Morgan fingerprint density at radius 1 is 1.39 bits per heavy atom. The zero-order valence-electron chi connectivity index (χ0n) is 9.60. The Morgan fingerprint density at radius 3 is 2.72 bits per heavy atom. The minimum absolute atomic E-state index is 0.0316. The Bertz CT molecular complexity index is 447. The highest BCUT2D eigenvalue weighted by molar-refractivity contribution is 6.42. The van der Waals surface area contributed by atoms with Crippen molar-refractivity contribution in [3.8, 4) is 5.75 Å². The fraction of sp³-hybridized carbons (Fsp3) is 0.417. The average Bonchev–Trinajstić information content (AvgIpc) is 2.29. The van der Waals surface area contributed by atoms with Gasteiger partial charge in [0, 0.05) is 31.7 Å². The first-order valence-electron chi connectivity index (χ1n) is 5.56. The van der Waals surface area contributed by atoms with Crippen LogP contribution in [0.2, 0.25) is 10.0 Å². The monoisotopic (exact) mass is 289 g/mol. The Morgan fingerprint density at radius 2 is 2.11 bits per heavy atom. The van der Waals surface area contributed by atoms with Crippen LogP contribution in [0.1, 0.15) is 0 Å². The van der Waals surface area contributed by atoms with E-state index in [0.29, 0.717) is 28.9 Å². The number of hydrogen-bond acceptors (Lipinski definition) is 3. The molecule has 0 atom stereocenters. The second kappa shape index (κ2) is 5.78. The van der Waals surface area contributed by atoms with Crippen molar-refractivity contribution in [1.29, 1.82) is 0 Å². The molecule has 0 spiro atoms. The van der Waals surface area contributed by atoms with Gasteiger partial charge in [-0.15, -0.1) is 0 Å². The number of aliphatic hydroxyl groups is 1. The van der Waals surface area contributed by atoms with Gasteiger partial charge in [0.25, 0.3) is 5.91 Å². The number of carbonyl (C=O) groups is 1. The van der Waals surface area contributed by atoms with Crippen molar-refractivity contribution < 1.29 is 14.6 Å². The van der Waals surface area contributed by atoms with Crippen molar-refractivity contribution in [3.63, 3.8) is 0 Å². The predicted octanol–water partition coefficient (Wildman–Crippen LogP) is 1.82. The molecule has 18 heavy (non-hydrogen) atoms. The molecule has 6 heteroatoms. The van der Waals surface area contributed by atoms with Gasteiger partial charge in [0.15, 0.2) is 6.61 Å². The third kappa shape index (κ3) is 3.07. The first kappa shape index (κ1) is 13.5. The molecular formula is C12H13Cl2NO3. The lowest BCUT2D eigenvalue weighted by atomic mass is 10.0. The summed E-state index contributed by atoms with van der Waals surface area (Å²) >= 11 is 11.6. The molecule has 1 aromatic carbocycles. The minimum atomic E-state index is -0.0919. The lowest BCUT2D eigenvalue weighted by Crippen LogP contribution is -2.52. The van der Waals surface area contributed by atoms with Crippen LogP contribution in [0.3, 0.4) is 0 Å². The molecule has 0 radical (unpaired) electrons. The number of likely N-dealkylation sites (tertiary alicyclic amines) is 1. The van der Waals surface area contributed by atoms with Crippen LogP contribution < -0.4 is 4.74 Å². The number of ether oxygens (including phenoxy) is 1. The van der Waals surface area contributed by atoms with Crippen molar-refractivity contribution in [2.24, 2.45) is 5.92 Å². The normalized spacial score (nSPS) is 15.4. The molecule has 1 N–H and O–H groups in total. The van der Waals surface area contributed by atoms with Gasteiger partial charge in [-0.3, -0.25) is 4.79 Å². The first-order valence-corrected chi connectivity index (χ1v) is 6.32. The molecule has 0 aliphatic carbocycles. The maximum atomic E-state index is 11.7. The molecule has 2 rings (SSSR count). The summed E-state index contributed by atoms with van der Waals surface area (Å²) in [6.45, 7) is 1.29. The summed E-state index contributed by atoms with van der Waals surface area (Å²) in [5.41, 5.74) is 0. The van der Waals surface area contributed by atoms with Crippen LogP contribution in [-0.4, -0.2) is 42.2 Å². The van der Waals surface area contributed by atoms with Crippen molar-refractivity contribution in [3.05, 3.63) is 28.2 Å². The number of hydrogen-bond donors (Lipinski definition) is 1. The molecule has 0 bridgehead atoms. The number of aliphatic hydroxyl groups excluding tert-OH is 1. The zero-order valence-corrected chi connectivity index (χ0v) is 11.1. The van der Waals surface area contributed by atoms with Gasteiger partial charge in [0.05, 0.1) is 10.0 Å². The Hall–Kier alpha value is -0.970. The van der Waals surface area contributed by atoms with E-state index in [0.717, 1.165) is 0 Å². The maximum absolute atomic E-state index is 11.7. The fourth-order valence-electron chi connectivity index (χ4n) is 1.69. The van der Waals surface area contributed by atoms with Crippen molar-refractivity contribution in [2.45, 2.75) is 0 Å². The molecule has 1 aliphatic rings. The van der Waals surface area contributed by atoms with Crippen LogP contribution in [0.15, 0.2) is 18.2 Å². The highest BCUT2D eigenvalue weighted by Gasteiger charge is 2.29. The average molecular weight is 290 g/mol. The SMILES string of the molecule is O=C(COc1ccc(Cl)c(Cl)c1)N1CC(CO)C1. The smallest absolute Gasteiger partial charge is 0.260 e. The molecule has 4 nitrogen and oxygen atoms in total. The molecule has 1 heterocycles. The lowest BCUT2D eigenvalue weighted by molar-refractivity contribution is -0.140. The second-order valence-electron chi connectivity index (χ2n) is 4.21. The predicted molar refractivity (Wildman–Crippen MR) is 69.1 cm³/mol. The van der Waals surface area contributed by atoms with Crippen molar-refractivity contribution in [2.75, 3.05) is 26.3 Å². The van der Waals surface area contributed by atoms with Gasteiger partial charge in [-0.05, 0) is 12.1 Å². The van der Waals surface area contributed by atoms with Gasteiger partial charge < -0.3 is 14.7 Å². The van der Waals surface area contributed by atoms with E-state index < -0.39 is 0 Å². The number of rotatable bonds is 4. The quantitative estimate of drug-likeness (QED) is 0.920. The van der Waals surface area contributed by atoms with Crippen LogP contribution in [0.5, 0.6) is 5.75 Å². The molecule has 1 aromatic rings. The standard InChI is InChI=1S/C12H13Cl2NO3/c13-10-2-1-9(3-11(10)14)18-7-12(17)15-4-8(5-15)6-16/h1-3,8,16H,4-7H2. The van der Waals surface area contributed by atoms with Gasteiger partial charge >= 0.3 is 0 Å². The largest absolute Gasteiger partial charge is 0.484 e. The van der Waals surface area contributed by atoms with Crippen LogP contribution >= 0.6 is 23.2 Å². The van der Waals surface area contributed by atoms with E-state index in [1.54, 1.807) is 23.1 Å². The Balaban J connectivity index is 1.81. The minimum Gasteiger partial charge on any atom is -0.484 e. The summed E-state index contributed by atoms with van der Waals surface area (Å²) < 4.78 is 5.33. The molecule has 0 aromatic heterocycles. The summed E-state index contributed by atoms with van der Waals surface area (Å²) in [6, 6.07) is 4.85. The topological polar surface area (TPSA) is 49.8 Å². The molecule has 0 unspecified atom stereocenters. The number of carbonyl (C=O) groups excluding carboxylic acids is 1. The van der Waals surface area contributed by atoms with Gasteiger partial charge in [-0.1, -0.05) is 23.2 Å². The summed E-state index contributed by atoms with van der Waals surface area (Å²) in [5, 5.41) is 9.70. The van der Waals surface area contributed by atoms with Crippen LogP contribution in [0.4, 0.5) is 0 Å². The molecule has 98 valence electrons. The third-order valence-electron chi connectivity index (χ3n) is 2.82. The van der Waals surface area contributed by atoms with Crippen LogP contribution in [0, 0.1) is 5.92 Å². The Labute approximate surface area is 115 Å². The van der Waals surface area contributed by atoms with Gasteiger partial charge in [0.1, 0.15) is 5.75 Å². The maximum Gasteiger partial charge on any atom is 0.260 e. The summed E-state index contributed by atoms with van der Waals surface area (Å²) in [6.07, 6.45) is 0. The molecule has 1 fully saturated rings. The third-order valence-corrected chi connectivity index (χ3v) is 3.56. The van der Waals surface area contributed by atoms with E-state index in [-0.39, 0.29) is 25.0 Å². The molecule has 1 amide bonds. The van der Waals surface area contributed by atoms with Crippen molar-refractivity contribution in [1.82, 2.24) is 4.90 Å². The highest BCUT2D eigenvalue weighted by atomic mass is 35.5. The second-order valence-corrected chi connectivity index (χ2v) is 5.03. The van der Waals surface area contributed by atoms with E-state index in [2.05, 4.69) is 0 Å². The summed E-state index contributed by atoms with van der Waals surface area (Å²) in [4.78, 5) is 13.3. The number of amides is 1. The van der Waals surface area contributed by atoms with E-state index in [1.165, 1.54) is 0 Å². The molecule has 1 aliphatic heterocycles. The van der Waals surface area contributed by atoms with Crippen LogP contribution in [0.25, 0.3) is 0 Å². The summed E-state index contributed by atoms with van der Waals surface area (Å²) in [7, 11) is 0. The number of nitrogens with zero attached hydrogens (tertiary/aromatic N) is 1. The van der Waals surface area contributed by atoms with Gasteiger partial charge in [0.2, 0.25) is 0 Å². The fourth-order valence-corrected chi connectivity index (χ4v) is 1.98. The number of benzene rings is 1. The van der Waals surface area contributed by atoms with Gasteiger partial charge in [-0.2, -0.15) is 0 Å². The summed E-state index contributed by atoms with van der Waals surface area (Å²) in [5.74, 6) is 0.627. The highest BCUT2D eigenvalue weighted by Crippen LogP contribution is 2.26. The van der Waals surface area contributed by atoms with E-state index in [1.807, 2.05) is 0 Å².